The number of hydrogen-bond donors (Lipinski definition) is 2. The zero-order chi connectivity index (χ0) is 27.0. The number of amides is 1. The Morgan fingerprint density at radius 2 is 1.73 bits per heavy atom. The van der Waals surface area contributed by atoms with Crippen LogP contribution in [0.5, 0.6) is 0 Å². The van der Waals surface area contributed by atoms with Crippen LogP contribution in [-0.2, 0) is 23.9 Å². The molecular formula is C28H32F3N3O3. The van der Waals surface area contributed by atoms with Crippen LogP contribution in [0.1, 0.15) is 73.6 Å². The van der Waals surface area contributed by atoms with Crippen molar-refractivity contribution in [2.75, 3.05) is 0 Å². The number of carbonyl (C=O) groups excluding carboxylic acids is 1. The molecule has 1 aromatic heterocycles. The highest BCUT2D eigenvalue weighted by Gasteiger charge is 2.55. The summed E-state index contributed by atoms with van der Waals surface area (Å²) in [5.74, 6) is -1.31. The summed E-state index contributed by atoms with van der Waals surface area (Å²) < 4.78 is 40.5. The fourth-order valence-electron chi connectivity index (χ4n) is 5.71. The average molecular weight is 516 g/mol. The predicted molar refractivity (Wildman–Crippen MR) is 134 cm³/mol. The Hall–Kier alpha value is -3.36. The second-order valence-electron chi connectivity index (χ2n) is 9.87. The average Bonchev–Trinajstić information content (AvgIpc) is 3.20. The Kier molecular flexibility index (Phi) is 7.35. The molecule has 0 atom stereocenters. The van der Waals surface area contributed by atoms with E-state index in [9.17, 15) is 22.8 Å². The first-order valence-electron chi connectivity index (χ1n) is 12.8. The van der Waals surface area contributed by atoms with Gasteiger partial charge in [0.1, 0.15) is 0 Å². The number of nitrogens with one attached hydrogen (secondary N) is 1. The first-order valence-corrected chi connectivity index (χ1v) is 12.8. The van der Waals surface area contributed by atoms with Gasteiger partial charge in [-0.25, -0.2) is 0 Å². The highest BCUT2D eigenvalue weighted by Crippen LogP contribution is 2.58. The summed E-state index contributed by atoms with van der Waals surface area (Å²) in [6.45, 7) is 6.50. The molecule has 9 heteroatoms. The molecule has 1 spiro atoms. The quantitative estimate of drug-likeness (QED) is 0.418. The fourth-order valence-corrected chi connectivity index (χ4v) is 5.71. The predicted octanol–water partition coefficient (Wildman–Crippen LogP) is 6.07. The Bertz CT molecular complexity index is 1280. The third-order valence-electron chi connectivity index (χ3n) is 7.46. The number of carboxylic acid groups (broad SMARTS) is 1. The molecular weight excluding hydrogens is 483 g/mol. The summed E-state index contributed by atoms with van der Waals surface area (Å²) in [5, 5.41) is 17.4. The van der Waals surface area contributed by atoms with E-state index >= 15 is 0 Å². The van der Waals surface area contributed by atoms with Crippen molar-refractivity contribution < 1.29 is 27.9 Å². The molecule has 0 unspecified atom stereocenters. The lowest BCUT2D eigenvalue weighted by molar-refractivity contribution is -0.155. The first kappa shape index (κ1) is 26.7. The van der Waals surface area contributed by atoms with E-state index in [1.54, 1.807) is 4.68 Å². The lowest BCUT2D eigenvalue weighted by Crippen LogP contribution is -2.57. The molecule has 5 rings (SSSR count). The number of aromatic nitrogens is 2. The summed E-state index contributed by atoms with van der Waals surface area (Å²) in [6, 6.07) is 10.7. The molecule has 0 aliphatic heterocycles. The van der Waals surface area contributed by atoms with Crippen LogP contribution in [0.15, 0.2) is 42.5 Å². The van der Waals surface area contributed by atoms with Gasteiger partial charge in [0.2, 0.25) is 0 Å². The molecule has 2 aliphatic carbocycles. The van der Waals surface area contributed by atoms with Crippen molar-refractivity contribution >= 4 is 22.8 Å². The van der Waals surface area contributed by atoms with Gasteiger partial charge in [-0.15, -0.1) is 0 Å². The minimum Gasteiger partial charge on any atom is -0.481 e. The fraction of sp³-hybridized carbons (Fsp3) is 0.464. The number of fused-ring (bicyclic) bond motifs is 1. The molecule has 1 heterocycles. The standard InChI is InChI=1S/C26H26F3N3O3.C2H6/c1-2-32-20-5-3-4-16(10-15-6-8-18(9-7-15)26(27,28)29)21(20)22(31-32)23(33)30-19-13-25(14-19)11-17(12-25)24(34)35;1-2/h3-9,17,19H,2,10-14H2,1H3,(H,30,33)(H,34,35);1-2H3. The number of aryl methyl sites for hydroxylation is 1. The van der Waals surface area contributed by atoms with Gasteiger partial charge in [-0.3, -0.25) is 14.3 Å². The van der Waals surface area contributed by atoms with Crippen LogP contribution in [0.25, 0.3) is 10.9 Å². The Morgan fingerprint density at radius 3 is 2.30 bits per heavy atom. The van der Waals surface area contributed by atoms with Gasteiger partial charge in [0.05, 0.1) is 17.0 Å². The van der Waals surface area contributed by atoms with E-state index in [1.807, 2.05) is 39.0 Å². The van der Waals surface area contributed by atoms with Gasteiger partial charge in [-0.1, -0.05) is 38.1 Å². The number of nitrogens with zero attached hydrogens (tertiary/aromatic N) is 2. The van der Waals surface area contributed by atoms with Crippen molar-refractivity contribution in [1.29, 1.82) is 0 Å². The Labute approximate surface area is 213 Å². The van der Waals surface area contributed by atoms with E-state index in [1.165, 1.54) is 12.1 Å². The van der Waals surface area contributed by atoms with Crippen LogP contribution < -0.4 is 5.32 Å². The molecule has 2 saturated carbocycles. The van der Waals surface area contributed by atoms with Crippen molar-refractivity contribution in [2.24, 2.45) is 11.3 Å². The lowest BCUT2D eigenvalue weighted by atomic mass is 9.50. The maximum absolute atomic E-state index is 13.2. The van der Waals surface area contributed by atoms with Gasteiger partial charge >= 0.3 is 12.1 Å². The Balaban J connectivity index is 0.00000156. The number of carboxylic acids is 1. The van der Waals surface area contributed by atoms with Crippen molar-refractivity contribution in [3.05, 3.63) is 64.8 Å². The molecule has 3 aromatic rings. The van der Waals surface area contributed by atoms with Crippen LogP contribution in [0.4, 0.5) is 13.2 Å². The van der Waals surface area contributed by atoms with Crippen molar-refractivity contribution in [1.82, 2.24) is 15.1 Å². The lowest BCUT2D eigenvalue weighted by Gasteiger charge is -2.56. The van der Waals surface area contributed by atoms with Crippen molar-refractivity contribution in [2.45, 2.75) is 71.6 Å². The number of hydrogen-bond acceptors (Lipinski definition) is 3. The van der Waals surface area contributed by atoms with Gasteiger partial charge in [0, 0.05) is 18.0 Å². The number of benzene rings is 2. The molecule has 6 nitrogen and oxygen atoms in total. The van der Waals surface area contributed by atoms with Gasteiger partial charge < -0.3 is 10.4 Å². The molecule has 0 radical (unpaired) electrons. The number of carbonyl (C=O) groups is 2. The van der Waals surface area contributed by atoms with Crippen LogP contribution in [-0.4, -0.2) is 32.8 Å². The van der Waals surface area contributed by atoms with Crippen molar-refractivity contribution in [3.63, 3.8) is 0 Å². The largest absolute Gasteiger partial charge is 0.481 e. The van der Waals surface area contributed by atoms with Crippen LogP contribution in [0, 0.1) is 11.3 Å². The van der Waals surface area contributed by atoms with Crippen LogP contribution in [0.2, 0.25) is 0 Å². The molecule has 2 N–H and O–H groups in total. The number of alkyl halides is 3. The minimum atomic E-state index is -4.39. The highest BCUT2D eigenvalue weighted by atomic mass is 19.4. The molecule has 2 fully saturated rings. The second-order valence-corrected chi connectivity index (χ2v) is 9.87. The summed E-state index contributed by atoms with van der Waals surface area (Å²) in [7, 11) is 0. The van der Waals surface area contributed by atoms with Gasteiger partial charge in [0.15, 0.2) is 5.69 Å². The number of rotatable bonds is 6. The van der Waals surface area contributed by atoms with E-state index in [4.69, 9.17) is 5.11 Å². The minimum absolute atomic E-state index is 0.0128. The summed E-state index contributed by atoms with van der Waals surface area (Å²) in [6.07, 6.45) is -1.14. The third kappa shape index (κ3) is 5.22. The number of aliphatic carboxylic acids is 1. The third-order valence-corrected chi connectivity index (χ3v) is 7.46. The molecule has 2 aliphatic rings. The maximum Gasteiger partial charge on any atom is 0.416 e. The normalized spacial score (nSPS) is 22.5. The van der Waals surface area contributed by atoms with Crippen LogP contribution >= 0.6 is 0 Å². The molecule has 37 heavy (non-hydrogen) atoms. The molecule has 1 amide bonds. The monoisotopic (exact) mass is 515 g/mol. The van der Waals surface area contributed by atoms with Gasteiger partial charge in [0.25, 0.3) is 5.91 Å². The molecule has 2 aromatic carbocycles. The van der Waals surface area contributed by atoms with E-state index in [0.29, 0.717) is 42.5 Å². The molecule has 0 bridgehead atoms. The smallest absolute Gasteiger partial charge is 0.416 e. The first-order chi connectivity index (χ1) is 17.6. The zero-order valence-corrected chi connectivity index (χ0v) is 21.2. The molecule has 0 saturated heterocycles. The topological polar surface area (TPSA) is 84.2 Å². The van der Waals surface area contributed by atoms with Gasteiger partial charge in [-0.05, 0) is 73.8 Å². The summed E-state index contributed by atoms with van der Waals surface area (Å²) >= 11 is 0. The van der Waals surface area contributed by atoms with E-state index in [0.717, 1.165) is 36.1 Å². The summed E-state index contributed by atoms with van der Waals surface area (Å²) in [5.41, 5.74) is 1.98. The van der Waals surface area contributed by atoms with Gasteiger partial charge in [-0.2, -0.15) is 18.3 Å². The van der Waals surface area contributed by atoms with E-state index < -0.39 is 17.7 Å². The highest BCUT2D eigenvalue weighted by molar-refractivity contribution is 6.06. The maximum atomic E-state index is 13.2. The van der Waals surface area contributed by atoms with Crippen LogP contribution in [0.3, 0.4) is 0 Å². The van der Waals surface area contributed by atoms with E-state index in [2.05, 4.69) is 10.4 Å². The Morgan fingerprint density at radius 1 is 1.08 bits per heavy atom. The molecule has 198 valence electrons. The SMILES string of the molecule is CC.CCn1nc(C(=O)NC2CC3(C2)CC(C(=O)O)C3)c2c(Cc3ccc(C(F)(F)F)cc3)cccc21. The summed E-state index contributed by atoms with van der Waals surface area (Å²) in [4.78, 5) is 24.3. The van der Waals surface area contributed by atoms with E-state index in [-0.39, 0.29) is 23.3 Å². The van der Waals surface area contributed by atoms with Crippen molar-refractivity contribution in [3.8, 4) is 0 Å². The zero-order valence-electron chi connectivity index (χ0n) is 21.2. The second kappa shape index (κ2) is 10.2. The number of halogens is 3.